The van der Waals surface area contributed by atoms with Crippen LogP contribution in [0.4, 0.5) is 10.5 Å². The Morgan fingerprint density at radius 2 is 1.86 bits per heavy atom. The fourth-order valence-electron chi connectivity index (χ4n) is 3.16. The van der Waals surface area contributed by atoms with Crippen molar-refractivity contribution in [3.05, 3.63) is 58.5 Å². The second-order valence-corrected chi connectivity index (χ2v) is 8.86. The van der Waals surface area contributed by atoms with Crippen LogP contribution in [0.2, 0.25) is 0 Å². The summed E-state index contributed by atoms with van der Waals surface area (Å²) in [5.74, 6) is -0.872. The minimum absolute atomic E-state index is 0.176. The first-order valence-electron chi connectivity index (χ1n) is 10.8. The van der Waals surface area contributed by atoms with Crippen LogP contribution in [0.3, 0.4) is 0 Å². The molecule has 0 spiro atoms. The molecule has 0 atom stereocenters. The first-order valence-corrected chi connectivity index (χ1v) is 11.6. The van der Waals surface area contributed by atoms with Gasteiger partial charge in [-0.25, -0.2) is 4.79 Å². The lowest BCUT2D eigenvalue weighted by molar-refractivity contribution is -0.149. The fourth-order valence-corrected chi connectivity index (χ4v) is 4.00. The minimum atomic E-state index is -0.560. The first-order chi connectivity index (χ1) is 16.7. The average Bonchev–Trinajstić information content (AvgIpc) is 3.06. The lowest BCUT2D eigenvalue weighted by Crippen LogP contribution is -2.36. The molecule has 1 aliphatic heterocycles. The van der Waals surface area contributed by atoms with Gasteiger partial charge in [-0.15, -0.1) is 0 Å². The lowest BCUT2D eigenvalue weighted by atomic mass is 10.2. The number of thioether (sulfide) groups is 1. The Bertz CT molecular complexity index is 1180. The van der Waals surface area contributed by atoms with Gasteiger partial charge in [-0.1, -0.05) is 24.3 Å². The number of ether oxygens (including phenoxy) is 3. The van der Waals surface area contributed by atoms with Gasteiger partial charge in [-0.2, -0.15) is 0 Å². The monoisotopic (exact) mass is 498 g/mol. The van der Waals surface area contributed by atoms with Gasteiger partial charge in [-0.3, -0.25) is 19.3 Å². The van der Waals surface area contributed by atoms with Crippen LogP contribution < -0.4 is 14.8 Å². The van der Waals surface area contributed by atoms with Crippen molar-refractivity contribution in [1.29, 1.82) is 0 Å². The normalized spacial score (nSPS) is 14.4. The zero-order valence-corrected chi connectivity index (χ0v) is 20.6. The average molecular weight is 499 g/mol. The van der Waals surface area contributed by atoms with E-state index in [1.165, 1.54) is 13.2 Å². The second kappa shape index (κ2) is 11.6. The Labute approximate surface area is 207 Å². The lowest BCUT2D eigenvalue weighted by Gasteiger charge is -2.13. The predicted molar refractivity (Wildman–Crippen MR) is 132 cm³/mol. The van der Waals surface area contributed by atoms with E-state index in [-0.39, 0.29) is 24.2 Å². The SMILES string of the molecule is COc1cc(/C=C2\SC(=O)N(CC(=O)Nc3ccccc3C)C2=O)ccc1OCC(=O)OC(C)C. The molecule has 2 aromatic rings. The molecule has 0 radical (unpaired) electrons. The summed E-state index contributed by atoms with van der Waals surface area (Å²) in [5, 5.41) is 2.19. The number of esters is 1. The summed E-state index contributed by atoms with van der Waals surface area (Å²) in [5.41, 5.74) is 2.06. The van der Waals surface area contributed by atoms with E-state index in [4.69, 9.17) is 14.2 Å². The number of rotatable bonds is 9. The molecule has 1 N–H and O–H groups in total. The van der Waals surface area contributed by atoms with Gasteiger partial charge >= 0.3 is 5.97 Å². The molecule has 184 valence electrons. The number of para-hydroxylation sites is 1. The number of hydrogen-bond donors (Lipinski definition) is 1. The van der Waals surface area contributed by atoms with Crippen LogP contribution in [0.15, 0.2) is 47.4 Å². The van der Waals surface area contributed by atoms with Crippen LogP contribution in [0.1, 0.15) is 25.0 Å². The van der Waals surface area contributed by atoms with Gasteiger partial charge in [0.1, 0.15) is 6.54 Å². The molecule has 3 rings (SSSR count). The number of aryl methyl sites for hydroxylation is 1. The summed E-state index contributed by atoms with van der Waals surface area (Å²) in [7, 11) is 1.44. The number of methoxy groups -OCH3 is 1. The summed E-state index contributed by atoms with van der Waals surface area (Å²) in [6.45, 7) is 4.66. The molecule has 3 amide bonds. The van der Waals surface area contributed by atoms with Gasteiger partial charge in [0.05, 0.1) is 18.1 Å². The van der Waals surface area contributed by atoms with Crippen LogP contribution in [0, 0.1) is 6.92 Å². The van der Waals surface area contributed by atoms with Crippen molar-refractivity contribution in [2.24, 2.45) is 0 Å². The third-order valence-electron chi connectivity index (χ3n) is 4.79. The number of nitrogens with zero attached hydrogens (tertiary/aromatic N) is 1. The highest BCUT2D eigenvalue weighted by Crippen LogP contribution is 2.34. The third-order valence-corrected chi connectivity index (χ3v) is 5.70. The number of benzene rings is 2. The number of hydrogen-bond acceptors (Lipinski definition) is 8. The predicted octanol–water partition coefficient (Wildman–Crippen LogP) is 4.01. The molecule has 9 nitrogen and oxygen atoms in total. The molecule has 10 heteroatoms. The molecule has 1 fully saturated rings. The Kier molecular flexibility index (Phi) is 8.53. The zero-order valence-electron chi connectivity index (χ0n) is 19.8. The number of anilines is 1. The maximum Gasteiger partial charge on any atom is 0.344 e. The van der Waals surface area contributed by atoms with Crippen LogP contribution in [0.5, 0.6) is 11.5 Å². The summed E-state index contributed by atoms with van der Waals surface area (Å²) in [6.07, 6.45) is 1.28. The van der Waals surface area contributed by atoms with Gasteiger partial charge in [-0.05, 0) is 67.9 Å². The number of carbonyl (C=O) groups excluding carboxylic acids is 4. The largest absolute Gasteiger partial charge is 0.493 e. The molecular formula is C25H26N2O7S. The van der Waals surface area contributed by atoms with E-state index >= 15 is 0 Å². The first kappa shape index (κ1) is 25.8. The second-order valence-electron chi connectivity index (χ2n) is 7.87. The van der Waals surface area contributed by atoms with Crippen LogP contribution >= 0.6 is 11.8 Å². The maximum absolute atomic E-state index is 12.8. The minimum Gasteiger partial charge on any atom is -0.493 e. The van der Waals surface area contributed by atoms with E-state index in [0.29, 0.717) is 22.7 Å². The van der Waals surface area contributed by atoms with Crippen LogP contribution in [0.25, 0.3) is 6.08 Å². The van der Waals surface area contributed by atoms with Crippen molar-refractivity contribution < 1.29 is 33.4 Å². The van der Waals surface area contributed by atoms with Crippen molar-refractivity contribution >= 4 is 46.5 Å². The van der Waals surface area contributed by atoms with E-state index < -0.39 is 23.0 Å². The van der Waals surface area contributed by atoms with Crippen LogP contribution in [-0.2, 0) is 19.1 Å². The van der Waals surface area contributed by atoms with Crippen molar-refractivity contribution in [2.75, 3.05) is 25.6 Å². The molecule has 2 aromatic carbocycles. The van der Waals surface area contributed by atoms with Gasteiger partial charge in [0.25, 0.3) is 11.1 Å². The van der Waals surface area contributed by atoms with Crippen molar-refractivity contribution in [1.82, 2.24) is 4.90 Å². The topological polar surface area (TPSA) is 111 Å². The van der Waals surface area contributed by atoms with Crippen molar-refractivity contribution in [3.63, 3.8) is 0 Å². The number of amides is 3. The molecule has 1 heterocycles. The summed E-state index contributed by atoms with van der Waals surface area (Å²) in [4.78, 5) is 50.4. The Balaban J connectivity index is 1.67. The Hall–Kier alpha value is -3.79. The summed E-state index contributed by atoms with van der Waals surface area (Å²) < 4.78 is 15.8. The molecular weight excluding hydrogens is 472 g/mol. The molecule has 1 aliphatic rings. The van der Waals surface area contributed by atoms with Gasteiger partial charge < -0.3 is 19.5 Å². The Morgan fingerprint density at radius 1 is 1.11 bits per heavy atom. The molecule has 0 aliphatic carbocycles. The molecule has 0 aromatic heterocycles. The van der Waals surface area contributed by atoms with Crippen LogP contribution in [-0.4, -0.2) is 54.3 Å². The number of nitrogens with one attached hydrogen (secondary N) is 1. The third kappa shape index (κ3) is 6.86. The van der Waals surface area contributed by atoms with Crippen molar-refractivity contribution in [3.8, 4) is 11.5 Å². The summed E-state index contributed by atoms with van der Waals surface area (Å²) in [6, 6.07) is 12.1. The number of carbonyl (C=O) groups is 4. The van der Waals surface area contributed by atoms with Gasteiger partial charge in [0.15, 0.2) is 18.1 Å². The molecule has 0 unspecified atom stereocenters. The molecule has 0 bridgehead atoms. The van der Waals surface area contributed by atoms with E-state index in [2.05, 4.69) is 5.32 Å². The quantitative estimate of drug-likeness (QED) is 0.408. The van der Waals surface area contributed by atoms with Crippen molar-refractivity contribution in [2.45, 2.75) is 26.9 Å². The standard InChI is InChI=1S/C25H26N2O7S/c1-15(2)34-23(29)14-33-19-10-9-17(11-20(19)32-4)12-21-24(30)27(25(31)35-21)13-22(28)26-18-8-6-5-7-16(18)3/h5-12,15H,13-14H2,1-4H3,(H,26,28)/b21-12-. The number of imide groups is 1. The smallest absolute Gasteiger partial charge is 0.344 e. The van der Waals surface area contributed by atoms with E-state index in [1.54, 1.807) is 44.2 Å². The van der Waals surface area contributed by atoms with E-state index in [9.17, 15) is 19.2 Å². The zero-order chi connectivity index (χ0) is 25.5. The molecule has 0 saturated carbocycles. The van der Waals surface area contributed by atoms with E-state index in [1.807, 2.05) is 19.1 Å². The highest BCUT2D eigenvalue weighted by Gasteiger charge is 2.36. The Morgan fingerprint density at radius 3 is 2.54 bits per heavy atom. The maximum atomic E-state index is 12.8. The highest BCUT2D eigenvalue weighted by molar-refractivity contribution is 8.18. The summed E-state index contributed by atoms with van der Waals surface area (Å²) >= 11 is 0.751. The van der Waals surface area contributed by atoms with Gasteiger partial charge in [0.2, 0.25) is 5.91 Å². The molecule has 1 saturated heterocycles. The fraction of sp³-hybridized carbons (Fsp3) is 0.280. The molecule has 35 heavy (non-hydrogen) atoms. The highest BCUT2D eigenvalue weighted by atomic mass is 32.2. The van der Waals surface area contributed by atoms with Gasteiger partial charge in [0, 0.05) is 5.69 Å². The van der Waals surface area contributed by atoms with E-state index in [0.717, 1.165) is 22.2 Å².